The highest BCUT2D eigenvalue weighted by Crippen LogP contribution is 2.21. The molecule has 0 aliphatic rings. The number of aryl methyl sites for hydroxylation is 3. The topological polar surface area (TPSA) is 43.8 Å². The van der Waals surface area contributed by atoms with Crippen LogP contribution >= 0.6 is 11.3 Å². The molecule has 3 rings (SSSR count). The molecule has 18 heavy (non-hydrogen) atoms. The van der Waals surface area contributed by atoms with Gasteiger partial charge in [0.05, 0.1) is 11.0 Å². The van der Waals surface area contributed by atoms with E-state index >= 15 is 0 Å². The molecular weight excluding hydrogens is 242 g/mol. The van der Waals surface area contributed by atoms with Crippen LogP contribution in [-0.2, 0) is 13.0 Å². The number of fused-ring (bicyclic) bond motifs is 1. The molecule has 0 bridgehead atoms. The van der Waals surface area contributed by atoms with Crippen LogP contribution in [0.25, 0.3) is 11.0 Å². The lowest BCUT2D eigenvalue weighted by molar-refractivity contribution is 0.727. The van der Waals surface area contributed by atoms with Gasteiger partial charge in [-0.1, -0.05) is 12.1 Å². The molecule has 0 unspecified atom stereocenters. The smallest absolute Gasteiger partial charge is 0.201 e. The molecule has 2 N–H and O–H groups in total. The van der Waals surface area contributed by atoms with Crippen molar-refractivity contribution in [3.63, 3.8) is 0 Å². The van der Waals surface area contributed by atoms with Gasteiger partial charge >= 0.3 is 0 Å². The summed E-state index contributed by atoms with van der Waals surface area (Å²) < 4.78 is 2.10. The summed E-state index contributed by atoms with van der Waals surface area (Å²) in [6, 6.07) is 8.36. The van der Waals surface area contributed by atoms with Gasteiger partial charge in [0, 0.05) is 6.54 Å². The number of hydrogen-bond acceptors (Lipinski definition) is 3. The minimum Gasteiger partial charge on any atom is -0.369 e. The highest BCUT2D eigenvalue weighted by atomic mass is 32.1. The van der Waals surface area contributed by atoms with Gasteiger partial charge in [-0.2, -0.15) is 11.3 Å². The zero-order valence-corrected chi connectivity index (χ0v) is 11.1. The molecule has 3 aromatic rings. The lowest BCUT2D eigenvalue weighted by Gasteiger charge is -2.05. The van der Waals surface area contributed by atoms with Gasteiger partial charge in [0.25, 0.3) is 0 Å². The van der Waals surface area contributed by atoms with Crippen LogP contribution in [0.2, 0.25) is 0 Å². The maximum absolute atomic E-state index is 6.02. The van der Waals surface area contributed by atoms with Gasteiger partial charge in [-0.05, 0) is 47.4 Å². The molecule has 0 saturated carbocycles. The molecule has 0 aliphatic carbocycles. The summed E-state index contributed by atoms with van der Waals surface area (Å²) >= 11 is 1.73. The molecule has 2 heterocycles. The summed E-state index contributed by atoms with van der Waals surface area (Å²) in [6.45, 7) is 2.94. The third-order valence-electron chi connectivity index (χ3n) is 3.21. The Morgan fingerprint density at radius 2 is 2.22 bits per heavy atom. The number of aromatic nitrogens is 2. The molecule has 4 heteroatoms. The summed E-state index contributed by atoms with van der Waals surface area (Å²) in [4.78, 5) is 4.46. The van der Waals surface area contributed by atoms with Gasteiger partial charge < -0.3 is 10.3 Å². The maximum Gasteiger partial charge on any atom is 0.201 e. The number of nitrogens with two attached hydrogens (primary N) is 1. The van der Waals surface area contributed by atoms with E-state index in [1.165, 1.54) is 11.1 Å². The average Bonchev–Trinajstić information content (AvgIpc) is 2.95. The summed E-state index contributed by atoms with van der Waals surface area (Å²) in [5, 5.41) is 4.29. The first-order valence-corrected chi connectivity index (χ1v) is 6.92. The Labute approximate surface area is 110 Å². The fourth-order valence-corrected chi connectivity index (χ4v) is 2.92. The van der Waals surface area contributed by atoms with Crippen LogP contribution in [0.1, 0.15) is 11.1 Å². The zero-order chi connectivity index (χ0) is 12.5. The van der Waals surface area contributed by atoms with E-state index in [2.05, 4.69) is 51.5 Å². The van der Waals surface area contributed by atoms with Gasteiger partial charge in [-0.3, -0.25) is 0 Å². The number of imidazole rings is 1. The Kier molecular flexibility index (Phi) is 2.80. The molecule has 0 amide bonds. The van der Waals surface area contributed by atoms with Crippen molar-refractivity contribution in [2.24, 2.45) is 0 Å². The van der Waals surface area contributed by atoms with Crippen molar-refractivity contribution in [3.05, 3.63) is 46.2 Å². The summed E-state index contributed by atoms with van der Waals surface area (Å²) in [7, 11) is 0. The van der Waals surface area contributed by atoms with Crippen molar-refractivity contribution in [3.8, 4) is 0 Å². The molecule has 0 spiro atoms. The van der Waals surface area contributed by atoms with E-state index < -0.39 is 0 Å². The Hall–Kier alpha value is -1.81. The number of benzene rings is 1. The molecule has 0 radical (unpaired) electrons. The number of thiophene rings is 1. The second-order valence-electron chi connectivity index (χ2n) is 4.45. The van der Waals surface area contributed by atoms with E-state index in [4.69, 9.17) is 5.73 Å². The van der Waals surface area contributed by atoms with Crippen LogP contribution < -0.4 is 5.73 Å². The highest BCUT2D eigenvalue weighted by molar-refractivity contribution is 7.07. The number of rotatable bonds is 3. The predicted molar refractivity (Wildman–Crippen MR) is 76.9 cm³/mol. The Bertz CT molecular complexity index is 668. The number of nitrogens with zero attached hydrogens (tertiary/aromatic N) is 2. The second kappa shape index (κ2) is 4.46. The summed E-state index contributed by atoms with van der Waals surface area (Å²) in [5.41, 5.74) is 10.7. The second-order valence-corrected chi connectivity index (χ2v) is 5.23. The molecule has 0 atom stereocenters. The van der Waals surface area contributed by atoms with Gasteiger partial charge in [-0.25, -0.2) is 4.98 Å². The molecule has 92 valence electrons. The SMILES string of the molecule is Cc1cccc2c1nc(N)n2CCc1ccsc1. The van der Waals surface area contributed by atoms with Crippen LogP contribution in [0.5, 0.6) is 0 Å². The highest BCUT2D eigenvalue weighted by Gasteiger charge is 2.09. The van der Waals surface area contributed by atoms with E-state index in [-0.39, 0.29) is 0 Å². The molecule has 3 nitrogen and oxygen atoms in total. The Morgan fingerprint density at radius 1 is 1.33 bits per heavy atom. The van der Waals surface area contributed by atoms with Gasteiger partial charge in [0.15, 0.2) is 0 Å². The van der Waals surface area contributed by atoms with E-state index in [0.717, 1.165) is 24.0 Å². The van der Waals surface area contributed by atoms with Crippen LogP contribution in [0.3, 0.4) is 0 Å². The predicted octanol–water partition coefficient (Wildman–Crippen LogP) is 3.23. The van der Waals surface area contributed by atoms with Crippen LogP contribution in [0.15, 0.2) is 35.0 Å². The lowest BCUT2D eigenvalue weighted by atomic mass is 10.2. The van der Waals surface area contributed by atoms with E-state index in [0.29, 0.717) is 5.95 Å². The number of hydrogen-bond donors (Lipinski definition) is 1. The van der Waals surface area contributed by atoms with Crippen LogP contribution in [-0.4, -0.2) is 9.55 Å². The van der Waals surface area contributed by atoms with E-state index in [1.54, 1.807) is 11.3 Å². The third-order valence-corrected chi connectivity index (χ3v) is 3.95. The van der Waals surface area contributed by atoms with Crippen molar-refractivity contribution in [1.29, 1.82) is 0 Å². The maximum atomic E-state index is 6.02. The lowest BCUT2D eigenvalue weighted by Crippen LogP contribution is -2.05. The first kappa shape index (κ1) is 11.3. The van der Waals surface area contributed by atoms with Gasteiger partial charge in [-0.15, -0.1) is 0 Å². The summed E-state index contributed by atoms with van der Waals surface area (Å²) in [6.07, 6.45) is 0.993. The monoisotopic (exact) mass is 257 g/mol. The fraction of sp³-hybridized carbons (Fsp3) is 0.214. The third kappa shape index (κ3) is 1.88. The minimum absolute atomic E-state index is 0.606. The van der Waals surface area contributed by atoms with Crippen molar-refractivity contribution in [1.82, 2.24) is 9.55 Å². The number of anilines is 1. The molecule has 0 aliphatic heterocycles. The van der Waals surface area contributed by atoms with E-state index in [1.807, 2.05) is 0 Å². The van der Waals surface area contributed by atoms with Crippen molar-refractivity contribution >= 4 is 28.3 Å². The average molecular weight is 257 g/mol. The van der Waals surface area contributed by atoms with Crippen molar-refractivity contribution in [2.45, 2.75) is 19.9 Å². The summed E-state index contributed by atoms with van der Waals surface area (Å²) in [5.74, 6) is 0.606. The number of para-hydroxylation sites is 1. The van der Waals surface area contributed by atoms with Crippen molar-refractivity contribution in [2.75, 3.05) is 5.73 Å². The fourth-order valence-electron chi connectivity index (χ4n) is 2.22. The molecule has 1 aromatic carbocycles. The Balaban J connectivity index is 1.96. The standard InChI is InChI=1S/C14H15N3S/c1-10-3-2-4-12-13(10)16-14(15)17(12)7-5-11-6-8-18-9-11/h2-4,6,8-9H,5,7H2,1H3,(H2,15,16). The first-order chi connectivity index (χ1) is 8.75. The first-order valence-electron chi connectivity index (χ1n) is 5.98. The van der Waals surface area contributed by atoms with Crippen molar-refractivity contribution < 1.29 is 0 Å². The molecule has 0 saturated heterocycles. The Morgan fingerprint density at radius 3 is 3.00 bits per heavy atom. The van der Waals surface area contributed by atoms with Gasteiger partial charge in [0.2, 0.25) is 5.95 Å². The quantitative estimate of drug-likeness (QED) is 0.783. The molecule has 2 aromatic heterocycles. The number of nitrogen functional groups attached to an aromatic ring is 1. The molecule has 0 fully saturated rings. The van der Waals surface area contributed by atoms with Crippen LogP contribution in [0, 0.1) is 6.92 Å². The normalized spacial score (nSPS) is 11.2. The molecular formula is C14H15N3S. The van der Waals surface area contributed by atoms with Gasteiger partial charge in [0.1, 0.15) is 0 Å². The minimum atomic E-state index is 0.606. The zero-order valence-electron chi connectivity index (χ0n) is 10.3. The van der Waals surface area contributed by atoms with Crippen LogP contribution in [0.4, 0.5) is 5.95 Å². The largest absolute Gasteiger partial charge is 0.369 e. The van der Waals surface area contributed by atoms with E-state index in [9.17, 15) is 0 Å².